The topological polar surface area (TPSA) is 94.9 Å². The van der Waals surface area contributed by atoms with Gasteiger partial charge in [-0.3, -0.25) is 4.79 Å². The summed E-state index contributed by atoms with van der Waals surface area (Å²) in [4.78, 5) is 16.6. The number of hydrogen-bond donors (Lipinski definition) is 2. The minimum absolute atomic E-state index is 0.0895. The van der Waals surface area contributed by atoms with Crippen LogP contribution in [0.15, 0.2) is 22.8 Å². The highest BCUT2D eigenvalue weighted by Gasteiger charge is 2.23. The van der Waals surface area contributed by atoms with E-state index >= 15 is 0 Å². The molecule has 2 N–H and O–H groups in total. The van der Waals surface area contributed by atoms with Crippen LogP contribution in [0.1, 0.15) is 40.8 Å². The Morgan fingerprint density at radius 1 is 1.27 bits per heavy atom. The fourth-order valence-electron chi connectivity index (χ4n) is 2.96. The van der Waals surface area contributed by atoms with Crippen LogP contribution in [0.2, 0.25) is 0 Å². The zero-order valence-electron chi connectivity index (χ0n) is 15.1. The normalized spacial score (nSPS) is 16.3. The van der Waals surface area contributed by atoms with Crippen molar-refractivity contribution in [2.45, 2.75) is 25.4 Å². The molecule has 0 bridgehead atoms. The van der Waals surface area contributed by atoms with Crippen molar-refractivity contribution in [3.63, 3.8) is 0 Å². The van der Waals surface area contributed by atoms with Crippen molar-refractivity contribution in [1.29, 1.82) is 0 Å². The molecule has 1 unspecified atom stereocenters. The van der Waals surface area contributed by atoms with E-state index in [4.69, 9.17) is 18.6 Å². The highest BCUT2D eigenvalue weighted by molar-refractivity contribution is 5.91. The van der Waals surface area contributed by atoms with Gasteiger partial charge in [-0.2, -0.15) is 0 Å². The summed E-state index contributed by atoms with van der Waals surface area (Å²) in [6, 6.07) is 3.67. The van der Waals surface area contributed by atoms with Crippen LogP contribution in [0.5, 0.6) is 17.2 Å². The lowest BCUT2D eigenvalue weighted by Gasteiger charge is -2.14. The number of carbonyl (C=O) groups excluding carboxylic acids is 1. The Bertz CT molecular complexity index is 743. The highest BCUT2D eigenvalue weighted by Crippen LogP contribution is 2.38. The minimum atomic E-state index is -0.299. The van der Waals surface area contributed by atoms with Gasteiger partial charge >= 0.3 is 0 Å². The summed E-state index contributed by atoms with van der Waals surface area (Å²) < 4.78 is 21.4. The van der Waals surface area contributed by atoms with Crippen LogP contribution >= 0.6 is 0 Å². The molecule has 0 saturated carbocycles. The number of aromatic nitrogens is 1. The average molecular weight is 361 g/mol. The summed E-state index contributed by atoms with van der Waals surface area (Å²) in [6.07, 6.45) is 3.43. The van der Waals surface area contributed by atoms with Crippen molar-refractivity contribution < 1.29 is 23.4 Å². The molecule has 1 aliphatic heterocycles. The summed E-state index contributed by atoms with van der Waals surface area (Å²) in [5.41, 5.74) is 1.08. The molecule has 1 aromatic heterocycles. The van der Waals surface area contributed by atoms with E-state index < -0.39 is 0 Å². The van der Waals surface area contributed by atoms with Gasteiger partial charge in [-0.1, -0.05) is 0 Å². The molecule has 0 aliphatic carbocycles. The van der Waals surface area contributed by atoms with Gasteiger partial charge in [-0.25, -0.2) is 4.98 Å². The van der Waals surface area contributed by atoms with E-state index in [2.05, 4.69) is 15.6 Å². The van der Waals surface area contributed by atoms with Gasteiger partial charge in [-0.15, -0.1) is 0 Å². The third-order valence-corrected chi connectivity index (χ3v) is 4.29. The van der Waals surface area contributed by atoms with Crippen LogP contribution in [0.4, 0.5) is 0 Å². The summed E-state index contributed by atoms with van der Waals surface area (Å²) in [6.45, 7) is 1.23. The summed E-state index contributed by atoms with van der Waals surface area (Å²) in [5.74, 6) is 1.83. The van der Waals surface area contributed by atoms with E-state index in [1.54, 1.807) is 33.5 Å². The number of oxazole rings is 1. The largest absolute Gasteiger partial charge is 0.493 e. The molecule has 26 heavy (non-hydrogen) atoms. The zero-order chi connectivity index (χ0) is 18.5. The molecule has 1 saturated heterocycles. The lowest BCUT2D eigenvalue weighted by Crippen LogP contribution is -2.23. The van der Waals surface area contributed by atoms with Gasteiger partial charge in [0, 0.05) is 6.54 Å². The molecule has 0 spiro atoms. The number of methoxy groups -OCH3 is 3. The number of amides is 1. The maximum absolute atomic E-state index is 12.3. The number of nitrogens with one attached hydrogen (secondary N) is 2. The molecular formula is C18H23N3O5. The van der Waals surface area contributed by atoms with E-state index in [-0.39, 0.29) is 17.6 Å². The SMILES string of the molecule is COc1cc(CNC(=O)c2coc(C3CCCN3)n2)cc(OC)c1OC. The summed E-state index contributed by atoms with van der Waals surface area (Å²) in [5, 5.41) is 6.12. The number of carbonyl (C=O) groups is 1. The molecular weight excluding hydrogens is 338 g/mol. The number of hydrogen-bond acceptors (Lipinski definition) is 7. The highest BCUT2D eigenvalue weighted by atomic mass is 16.5. The van der Waals surface area contributed by atoms with Crippen molar-refractivity contribution >= 4 is 5.91 Å². The number of rotatable bonds is 7. The smallest absolute Gasteiger partial charge is 0.273 e. The Hall–Kier alpha value is -2.74. The maximum Gasteiger partial charge on any atom is 0.273 e. The molecule has 1 atom stereocenters. The molecule has 140 valence electrons. The van der Waals surface area contributed by atoms with E-state index in [0.29, 0.717) is 29.7 Å². The van der Waals surface area contributed by atoms with E-state index in [1.165, 1.54) is 6.26 Å². The molecule has 1 aliphatic rings. The van der Waals surface area contributed by atoms with Gasteiger partial charge in [0.05, 0.1) is 27.4 Å². The van der Waals surface area contributed by atoms with Crippen molar-refractivity contribution in [2.75, 3.05) is 27.9 Å². The minimum Gasteiger partial charge on any atom is -0.493 e. The molecule has 2 heterocycles. The second kappa shape index (κ2) is 8.09. The first-order valence-electron chi connectivity index (χ1n) is 8.42. The van der Waals surface area contributed by atoms with Crippen LogP contribution in [0.25, 0.3) is 0 Å². The summed E-state index contributed by atoms with van der Waals surface area (Å²) in [7, 11) is 4.64. The molecule has 1 fully saturated rings. The first-order chi connectivity index (χ1) is 12.7. The third-order valence-electron chi connectivity index (χ3n) is 4.29. The molecule has 0 radical (unpaired) electrons. The molecule has 8 nitrogen and oxygen atoms in total. The van der Waals surface area contributed by atoms with E-state index in [9.17, 15) is 4.79 Å². The monoisotopic (exact) mass is 361 g/mol. The fraction of sp³-hybridized carbons (Fsp3) is 0.444. The first-order valence-corrected chi connectivity index (χ1v) is 8.42. The Balaban J connectivity index is 1.67. The van der Waals surface area contributed by atoms with Gasteiger partial charge in [-0.05, 0) is 37.1 Å². The third kappa shape index (κ3) is 3.75. The Morgan fingerprint density at radius 3 is 2.58 bits per heavy atom. The van der Waals surface area contributed by atoms with E-state index in [1.807, 2.05) is 0 Å². The lowest BCUT2D eigenvalue weighted by atomic mass is 10.1. The van der Waals surface area contributed by atoms with Crippen LogP contribution in [-0.4, -0.2) is 38.8 Å². The molecule has 8 heteroatoms. The standard InChI is InChI=1S/C18H23N3O5/c1-23-14-7-11(8-15(24-2)16(14)25-3)9-20-17(22)13-10-26-18(21-13)12-5-4-6-19-12/h7-8,10,12,19H,4-6,9H2,1-3H3,(H,20,22). The molecule has 1 aromatic carbocycles. The Labute approximate surface area is 151 Å². The van der Waals surface area contributed by atoms with Gasteiger partial charge in [0.25, 0.3) is 5.91 Å². The predicted molar refractivity (Wildman–Crippen MR) is 93.7 cm³/mol. The second-order valence-electron chi connectivity index (χ2n) is 5.94. The number of ether oxygens (including phenoxy) is 3. The average Bonchev–Trinajstić information content (AvgIpc) is 3.36. The molecule has 1 amide bonds. The van der Waals surface area contributed by atoms with Crippen LogP contribution in [0, 0.1) is 0 Å². The number of nitrogens with zero attached hydrogens (tertiary/aromatic N) is 1. The predicted octanol–water partition coefficient (Wildman–Crippen LogP) is 2.05. The van der Waals surface area contributed by atoms with Gasteiger partial charge in [0.1, 0.15) is 6.26 Å². The number of benzene rings is 1. The van der Waals surface area contributed by atoms with Crippen molar-refractivity contribution in [3.8, 4) is 17.2 Å². The quantitative estimate of drug-likeness (QED) is 0.779. The zero-order valence-corrected chi connectivity index (χ0v) is 15.1. The van der Waals surface area contributed by atoms with Crippen molar-refractivity contribution in [2.24, 2.45) is 0 Å². The van der Waals surface area contributed by atoms with Gasteiger partial charge in [0.15, 0.2) is 17.2 Å². The van der Waals surface area contributed by atoms with Crippen LogP contribution in [-0.2, 0) is 6.54 Å². The second-order valence-corrected chi connectivity index (χ2v) is 5.94. The first kappa shape index (κ1) is 18.1. The van der Waals surface area contributed by atoms with E-state index in [0.717, 1.165) is 24.9 Å². The van der Waals surface area contributed by atoms with Crippen molar-refractivity contribution in [1.82, 2.24) is 15.6 Å². The van der Waals surface area contributed by atoms with Crippen LogP contribution in [0.3, 0.4) is 0 Å². The van der Waals surface area contributed by atoms with Crippen LogP contribution < -0.4 is 24.8 Å². The fourth-order valence-corrected chi connectivity index (χ4v) is 2.96. The maximum atomic E-state index is 12.3. The van der Waals surface area contributed by atoms with Gasteiger partial charge in [0.2, 0.25) is 11.6 Å². The summed E-state index contributed by atoms with van der Waals surface area (Å²) >= 11 is 0. The Kier molecular flexibility index (Phi) is 5.62. The Morgan fingerprint density at radius 2 is 2.00 bits per heavy atom. The van der Waals surface area contributed by atoms with Crippen molar-refractivity contribution in [3.05, 3.63) is 35.5 Å². The lowest BCUT2D eigenvalue weighted by molar-refractivity contribution is 0.0945. The molecule has 3 rings (SSSR count). The van der Waals surface area contributed by atoms with Gasteiger partial charge < -0.3 is 29.3 Å². The molecule has 2 aromatic rings.